The maximum absolute atomic E-state index is 13.7. The first kappa shape index (κ1) is 19.8. The number of nitrogens with one attached hydrogen (secondary N) is 1. The van der Waals surface area contributed by atoms with Crippen molar-refractivity contribution in [3.63, 3.8) is 0 Å². The van der Waals surface area contributed by atoms with Crippen LogP contribution < -0.4 is 5.32 Å². The molecule has 0 radical (unpaired) electrons. The van der Waals surface area contributed by atoms with E-state index in [0.717, 1.165) is 5.56 Å². The number of amides is 1. The lowest BCUT2D eigenvalue weighted by atomic mass is 10.2. The van der Waals surface area contributed by atoms with Gasteiger partial charge >= 0.3 is 5.97 Å². The molecule has 0 spiro atoms. The van der Waals surface area contributed by atoms with E-state index in [9.17, 15) is 14.0 Å². The molecular formula is C17H17ClFNO3S2. The Morgan fingerprint density at radius 2 is 2.16 bits per heavy atom. The molecule has 1 aromatic heterocycles. The van der Waals surface area contributed by atoms with Crippen LogP contribution in [-0.4, -0.2) is 24.2 Å². The predicted octanol–water partition coefficient (Wildman–Crippen LogP) is 4.90. The number of benzene rings is 1. The Bertz CT molecular complexity index is 759. The molecule has 134 valence electrons. The lowest BCUT2D eigenvalue weighted by Crippen LogP contribution is -2.16. The van der Waals surface area contributed by atoms with Crippen molar-refractivity contribution in [2.45, 2.75) is 19.6 Å². The molecule has 1 amide bonds. The molecule has 4 nitrogen and oxygen atoms in total. The van der Waals surface area contributed by atoms with Crippen LogP contribution in [0, 0.1) is 12.7 Å². The third-order valence-corrected chi connectivity index (χ3v) is 5.58. The largest absolute Gasteiger partial charge is 0.462 e. The van der Waals surface area contributed by atoms with E-state index in [0.29, 0.717) is 21.2 Å². The highest BCUT2D eigenvalue weighted by Gasteiger charge is 2.19. The second-order valence-corrected chi connectivity index (χ2v) is 7.36. The van der Waals surface area contributed by atoms with Gasteiger partial charge in [-0.3, -0.25) is 4.79 Å². The molecule has 8 heteroatoms. The summed E-state index contributed by atoms with van der Waals surface area (Å²) in [5, 5.41) is 5.31. The highest BCUT2D eigenvalue weighted by Crippen LogP contribution is 2.29. The number of rotatable bonds is 7. The number of anilines is 1. The van der Waals surface area contributed by atoms with Crippen molar-refractivity contribution in [2.75, 3.05) is 17.7 Å². The summed E-state index contributed by atoms with van der Waals surface area (Å²) in [5.74, 6) is -0.720. The van der Waals surface area contributed by atoms with Gasteiger partial charge in [0.2, 0.25) is 5.91 Å². The zero-order valence-corrected chi connectivity index (χ0v) is 16.1. The Labute approximate surface area is 158 Å². The van der Waals surface area contributed by atoms with Gasteiger partial charge in [0, 0.05) is 16.3 Å². The number of carbonyl (C=O) groups is 2. The maximum Gasteiger partial charge on any atom is 0.341 e. The van der Waals surface area contributed by atoms with Crippen molar-refractivity contribution in [1.82, 2.24) is 0 Å². The number of aryl methyl sites for hydroxylation is 1. The van der Waals surface area contributed by atoms with Crippen LogP contribution in [-0.2, 0) is 15.3 Å². The fourth-order valence-electron chi connectivity index (χ4n) is 2.07. The number of thioether (sulfide) groups is 1. The van der Waals surface area contributed by atoms with Crippen LogP contribution >= 0.6 is 34.7 Å². The number of hydrogen-bond donors (Lipinski definition) is 1. The average molecular weight is 402 g/mol. The zero-order chi connectivity index (χ0) is 18.4. The molecule has 0 atom stereocenters. The van der Waals surface area contributed by atoms with Crippen LogP contribution in [0.15, 0.2) is 23.6 Å². The number of halogens is 2. The lowest BCUT2D eigenvalue weighted by molar-refractivity contribution is -0.113. The molecule has 0 aliphatic rings. The molecule has 0 saturated heterocycles. The van der Waals surface area contributed by atoms with Crippen LogP contribution in [0.1, 0.15) is 28.4 Å². The number of hydrogen-bond acceptors (Lipinski definition) is 5. The molecule has 0 unspecified atom stereocenters. The molecule has 25 heavy (non-hydrogen) atoms. The zero-order valence-electron chi connectivity index (χ0n) is 13.7. The summed E-state index contributed by atoms with van der Waals surface area (Å²) in [6.07, 6.45) is 0. The minimum atomic E-state index is -0.456. The third-order valence-electron chi connectivity index (χ3n) is 3.25. The topological polar surface area (TPSA) is 55.4 Å². The fourth-order valence-corrected chi connectivity index (χ4v) is 4.19. The van der Waals surface area contributed by atoms with Crippen LogP contribution in [0.2, 0.25) is 5.02 Å². The molecule has 0 aliphatic heterocycles. The lowest BCUT2D eigenvalue weighted by Gasteiger charge is -2.08. The Balaban J connectivity index is 1.94. The molecule has 2 aromatic rings. The van der Waals surface area contributed by atoms with Gasteiger partial charge in [0.1, 0.15) is 10.8 Å². The number of ether oxygens (including phenoxy) is 1. The van der Waals surface area contributed by atoms with E-state index in [1.807, 2.05) is 0 Å². The van der Waals surface area contributed by atoms with Crippen molar-refractivity contribution in [3.05, 3.63) is 51.1 Å². The van der Waals surface area contributed by atoms with Crippen molar-refractivity contribution in [1.29, 1.82) is 0 Å². The van der Waals surface area contributed by atoms with E-state index in [-0.39, 0.29) is 29.8 Å². The monoisotopic (exact) mass is 401 g/mol. The van der Waals surface area contributed by atoms with Crippen molar-refractivity contribution in [2.24, 2.45) is 0 Å². The second-order valence-electron chi connectivity index (χ2n) is 5.08. The van der Waals surface area contributed by atoms with E-state index in [1.165, 1.54) is 35.2 Å². The minimum Gasteiger partial charge on any atom is -0.462 e. The molecule has 1 N–H and O–H groups in total. The maximum atomic E-state index is 13.7. The van der Waals surface area contributed by atoms with Gasteiger partial charge in [0.05, 0.1) is 17.9 Å². The summed E-state index contributed by atoms with van der Waals surface area (Å²) in [7, 11) is 0. The summed E-state index contributed by atoms with van der Waals surface area (Å²) < 4.78 is 18.7. The summed E-state index contributed by atoms with van der Waals surface area (Å²) in [4.78, 5) is 24.1. The summed E-state index contributed by atoms with van der Waals surface area (Å²) >= 11 is 8.47. The number of thiophene rings is 1. The van der Waals surface area contributed by atoms with Gasteiger partial charge in [-0.1, -0.05) is 17.7 Å². The van der Waals surface area contributed by atoms with Crippen LogP contribution in [0.25, 0.3) is 0 Å². The van der Waals surface area contributed by atoms with Gasteiger partial charge in [-0.15, -0.1) is 23.1 Å². The van der Waals surface area contributed by atoms with Gasteiger partial charge in [0.25, 0.3) is 0 Å². The molecule has 0 fully saturated rings. The van der Waals surface area contributed by atoms with E-state index in [2.05, 4.69) is 5.32 Å². The second kappa shape index (κ2) is 9.22. The molecule has 0 saturated carbocycles. The van der Waals surface area contributed by atoms with E-state index < -0.39 is 5.97 Å². The molecule has 2 rings (SSSR count). The number of carbonyl (C=O) groups excluding carboxylic acids is 2. The Morgan fingerprint density at radius 1 is 1.40 bits per heavy atom. The molecule has 1 heterocycles. The van der Waals surface area contributed by atoms with E-state index in [1.54, 1.807) is 25.3 Å². The Morgan fingerprint density at radius 3 is 2.84 bits per heavy atom. The normalized spacial score (nSPS) is 10.6. The van der Waals surface area contributed by atoms with Gasteiger partial charge < -0.3 is 10.1 Å². The predicted molar refractivity (Wildman–Crippen MR) is 101 cm³/mol. The number of esters is 1. The minimum absolute atomic E-state index is 0.115. The summed E-state index contributed by atoms with van der Waals surface area (Å²) in [5.41, 5.74) is 1.51. The fraction of sp³-hybridized carbons (Fsp3) is 0.294. The van der Waals surface area contributed by atoms with Gasteiger partial charge in [-0.25, -0.2) is 9.18 Å². The highest BCUT2D eigenvalue weighted by atomic mass is 35.5. The SMILES string of the molecule is CCOC(=O)c1c(C)csc1NC(=O)CSCc1c(F)cccc1Cl. The molecular weight excluding hydrogens is 385 g/mol. The summed E-state index contributed by atoms with van der Waals surface area (Å²) in [6.45, 7) is 3.77. The molecule has 1 aromatic carbocycles. The first-order chi connectivity index (χ1) is 11.9. The average Bonchev–Trinajstić information content (AvgIpc) is 2.91. The van der Waals surface area contributed by atoms with Crippen molar-refractivity contribution >= 4 is 51.6 Å². The molecule has 0 bridgehead atoms. The molecule has 0 aliphatic carbocycles. The van der Waals surface area contributed by atoms with Crippen molar-refractivity contribution in [3.8, 4) is 0 Å². The van der Waals surface area contributed by atoms with Crippen LogP contribution in [0.3, 0.4) is 0 Å². The van der Waals surface area contributed by atoms with E-state index >= 15 is 0 Å². The van der Waals surface area contributed by atoms with Gasteiger partial charge in [-0.05, 0) is 36.9 Å². The van der Waals surface area contributed by atoms with Crippen LogP contribution in [0.5, 0.6) is 0 Å². The van der Waals surface area contributed by atoms with Gasteiger partial charge in [0.15, 0.2) is 0 Å². The van der Waals surface area contributed by atoms with Crippen molar-refractivity contribution < 1.29 is 18.7 Å². The summed E-state index contributed by atoms with van der Waals surface area (Å²) in [6, 6.07) is 4.48. The van der Waals surface area contributed by atoms with E-state index in [4.69, 9.17) is 16.3 Å². The standard InChI is InChI=1S/C17H17ClFNO3S2/c1-3-23-17(22)15-10(2)7-25-16(15)20-14(21)9-24-8-11-12(18)5-4-6-13(11)19/h4-7H,3,8-9H2,1-2H3,(H,20,21). The smallest absolute Gasteiger partial charge is 0.341 e. The van der Waals surface area contributed by atoms with Crippen LogP contribution in [0.4, 0.5) is 9.39 Å². The first-order valence-corrected chi connectivity index (χ1v) is 9.91. The Kier molecular flexibility index (Phi) is 7.28. The third kappa shape index (κ3) is 5.20. The van der Waals surface area contributed by atoms with Gasteiger partial charge in [-0.2, -0.15) is 0 Å². The first-order valence-electron chi connectivity index (χ1n) is 7.49. The Hall–Kier alpha value is -1.57. The quantitative estimate of drug-likeness (QED) is 0.670. The highest BCUT2D eigenvalue weighted by molar-refractivity contribution is 7.99.